The first-order valence-corrected chi connectivity index (χ1v) is 10.9. The summed E-state index contributed by atoms with van der Waals surface area (Å²) in [5.41, 5.74) is 1.59. The van der Waals surface area contributed by atoms with E-state index in [4.69, 9.17) is 0 Å². The molecule has 0 radical (unpaired) electrons. The van der Waals surface area contributed by atoms with Gasteiger partial charge >= 0.3 is 0 Å². The average Bonchev–Trinajstić information content (AvgIpc) is 3.27. The van der Waals surface area contributed by atoms with Crippen LogP contribution in [0.5, 0.6) is 0 Å². The van der Waals surface area contributed by atoms with Crippen molar-refractivity contribution in [1.82, 2.24) is 9.62 Å². The Morgan fingerprint density at radius 3 is 2.37 bits per heavy atom. The number of benzene rings is 1. The number of hydrogen-bond acceptors (Lipinski definition) is 4. The van der Waals surface area contributed by atoms with Gasteiger partial charge in [0.15, 0.2) is 0 Å². The van der Waals surface area contributed by atoms with E-state index in [1.165, 1.54) is 13.0 Å². The first kappa shape index (κ1) is 19.8. The van der Waals surface area contributed by atoms with Gasteiger partial charge in [0.2, 0.25) is 21.8 Å². The van der Waals surface area contributed by atoms with E-state index in [2.05, 4.69) is 4.72 Å². The van der Waals surface area contributed by atoms with Crippen molar-refractivity contribution in [2.24, 2.45) is 5.92 Å². The lowest BCUT2D eigenvalue weighted by Gasteiger charge is -2.26. The largest absolute Gasteiger partial charge is 0.341 e. The predicted octanol–water partition coefficient (Wildman–Crippen LogP) is 1.52. The van der Waals surface area contributed by atoms with Gasteiger partial charge in [-0.1, -0.05) is 13.8 Å². The number of likely N-dealkylation sites (tertiary alicyclic amines) is 1. The minimum atomic E-state index is -3.84. The van der Waals surface area contributed by atoms with Crippen LogP contribution in [0.4, 0.5) is 5.69 Å². The third-order valence-electron chi connectivity index (χ3n) is 5.27. The summed E-state index contributed by atoms with van der Waals surface area (Å²) in [5, 5.41) is 0. The number of amides is 2. The SMILES string of the molecule is CC(=O)N1CCc2cc(S(=O)(=O)N[C@H](C(=O)N3CCCC3)C(C)C)ccc21. The van der Waals surface area contributed by atoms with Crippen molar-refractivity contribution in [3.8, 4) is 0 Å². The molecule has 0 spiro atoms. The van der Waals surface area contributed by atoms with Crippen LogP contribution in [-0.2, 0) is 26.0 Å². The zero-order valence-electron chi connectivity index (χ0n) is 16.1. The second-order valence-electron chi connectivity index (χ2n) is 7.59. The molecule has 8 heteroatoms. The molecular formula is C19H27N3O4S. The van der Waals surface area contributed by atoms with Gasteiger partial charge in [0.05, 0.1) is 4.90 Å². The number of sulfonamides is 1. The summed E-state index contributed by atoms with van der Waals surface area (Å²) >= 11 is 0. The van der Waals surface area contributed by atoms with Crippen LogP contribution in [0, 0.1) is 5.92 Å². The van der Waals surface area contributed by atoms with Crippen LogP contribution in [-0.4, -0.2) is 50.8 Å². The quantitative estimate of drug-likeness (QED) is 0.822. The lowest BCUT2D eigenvalue weighted by molar-refractivity contribution is -0.132. The summed E-state index contributed by atoms with van der Waals surface area (Å²) in [5.74, 6) is -0.371. The van der Waals surface area contributed by atoms with E-state index in [-0.39, 0.29) is 22.6 Å². The van der Waals surface area contributed by atoms with Crippen molar-refractivity contribution in [1.29, 1.82) is 0 Å². The molecule has 27 heavy (non-hydrogen) atoms. The summed E-state index contributed by atoms with van der Waals surface area (Å²) in [6, 6.07) is 4.00. The average molecular weight is 394 g/mol. The molecule has 7 nitrogen and oxygen atoms in total. The normalized spacial score (nSPS) is 18.1. The molecule has 1 atom stereocenters. The molecular weight excluding hydrogens is 366 g/mol. The smallest absolute Gasteiger partial charge is 0.241 e. The van der Waals surface area contributed by atoms with E-state index in [1.54, 1.807) is 21.9 Å². The Labute approximate surface area is 160 Å². The maximum absolute atomic E-state index is 12.9. The number of rotatable bonds is 5. The molecule has 2 heterocycles. The van der Waals surface area contributed by atoms with Crippen molar-refractivity contribution in [3.05, 3.63) is 23.8 Å². The molecule has 3 rings (SSSR count). The van der Waals surface area contributed by atoms with Crippen molar-refractivity contribution in [2.75, 3.05) is 24.5 Å². The molecule has 1 aromatic rings. The third-order valence-corrected chi connectivity index (χ3v) is 6.71. The summed E-state index contributed by atoms with van der Waals surface area (Å²) in [6.45, 7) is 7.11. The van der Waals surface area contributed by atoms with Gasteiger partial charge < -0.3 is 9.80 Å². The van der Waals surface area contributed by atoms with Gasteiger partial charge in [0.1, 0.15) is 6.04 Å². The Kier molecular flexibility index (Phi) is 5.58. The van der Waals surface area contributed by atoms with Gasteiger partial charge in [-0.3, -0.25) is 9.59 Å². The molecule has 2 amide bonds. The van der Waals surface area contributed by atoms with Crippen LogP contribution in [0.15, 0.2) is 23.1 Å². The molecule has 0 aliphatic carbocycles. The minimum absolute atomic E-state index is 0.0569. The molecule has 2 aliphatic heterocycles. The van der Waals surface area contributed by atoms with Gasteiger partial charge in [-0.15, -0.1) is 0 Å². The standard InChI is InChI=1S/C19H27N3O4S/c1-13(2)18(19(24)21-9-4-5-10-21)20-27(25,26)16-6-7-17-15(12-16)8-11-22(17)14(3)23/h6-7,12-13,18,20H,4-5,8-11H2,1-3H3/t18-/m0/s1. The highest BCUT2D eigenvalue weighted by Gasteiger charge is 2.33. The first-order valence-electron chi connectivity index (χ1n) is 9.43. The topological polar surface area (TPSA) is 86.8 Å². The van der Waals surface area contributed by atoms with Crippen molar-refractivity contribution in [2.45, 2.75) is 51.0 Å². The maximum Gasteiger partial charge on any atom is 0.241 e. The van der Waals surface area contributed by atoms with Gasteiger partial charge in [0, 0.05) is 32.2 Å². The molecule has 1 fully saturated rings. The zero-order chi connectivity index (χ0) is 19.8. The van der Waals surface area contributed by atoms with E-state index in [0.717, 1.165) is 24.1 Å². The molecule has 0 unspecified atom stereocenters. The highest BCUT2D eigenvalue weighted by Crippen LogP contribution is 2.30. The number of hydrogen-bond donors (Lipinski definition) is 1. The van der Waals surface area contributed by atoms with E-state index < -0.39 is 16.1 Å². The minimum Gasteiger partial charge on any atom is -0.341 e. The lowest BCUT2D eigenvalue weighted by atomic mass is 10.0. The fourth-order valence-electron chi connectivity index (χ4n) is 3.71. The van der Waals surface area contributed by atoms with Gasteiger partial charge in [-0.25, -0.2) is 8.42 Å². The fourth-order valence-corrected chi connectivity index (χ4v) is 5.10. The summed E-state index contributed by atoms with van der Waals surface area (Å²) in [6.07, 6.45) is 2.54. The number of nitrogens with one attached hydrogen (secondary N) is 1. The Bertz CT molecular complexity index is 845. The molecule has 0 bridgehead atoms. The lowest BCUT2D eigenvalue weighted by Crippen LogP contribution is -2.50. The first-order chi connectivity index (χ1) is 12.7. The van der Waals surface area contributed by atoms with Crippen LogP contribution < -0.4 is 9.62 Å². The molecule has 1 N–H and O–H groups in total. The van der Waals surface area contributed by atoms with Gasteiger partial charge in [-0.05, 0) is 48.9 Å². The number of fused-ring (bicyclic) bond motifs is 1. The monoisotopic (exact) mass is 393 g/mol. The second-order valence-corrected chi connectivity index (χ2v) is 9.30. The summed E-state index contributed by atoms with van der Waals surface area (Å²) < 4.78 is 28.4. The fraction of sp³-hybridized carbons (Fsp3) is 0.579. The summed E-state index contributed by atoms with van der Waals surface area (Å²) in [4.78, 5) is 27.9. The van der Waals surface area contributed by atoms with Crippen molar-refractivity contribution < 1.29 is 18.0 Å². The van der Waals surface area contributed by atoms with Gasteiger partial charge in [0.25, 0.3) is 0 Å². The van der Waals surface area contributed by atoms with Crippen LogP contribution in [0.2, 0.25) is 0 Å². The van der Waals surface area contributed by atoms with E-state index in [0.29, 0.717) is 26.1 Å². The second kappa shape index (κ2) is 7.59. The van der Waals surface area contributed by atoms with Crippen LogP contribution in [0.1, 0.15) is 39.2 Å². The van der Waals surface area contributed by atoms with E-state index in [9.17, 15) is 18.0 Å². The Balaban J connectivity index is 1.83. The highest BCUT2D eigenvalue weighted by molar-refractivity contribution is 7.89. The number of carbonyl (C=O) groups is 2. The molecule has 1 aromatic carbocycles. The van der Waals surface area contributed by atoms with E-state index >= 15 is 0 Å². The van der Waals surface area contributed by atoms with Crippen molar-refractivity contribution in [3.63, 3.8) is 0 Å². The van der Waals surface area contributed by atoms with Gasteiger partial charge in [-0.2, -0.15) is 4.72 Å². The van der Waals surface area contributed by atoms with Crippen LogP contribution in [0.25, 0.3) is 0 Å². The molecule has 0 aromatic heterocycles. The molecule has 1 saturated heterocycles. The van der Waals surface area contributed by atoms with E-state index in [1.807, 2.05) is 13.8 Å². The maximum atomic E-state index is 12.9. The summed E-state index contributed by atoms with van der Waals surface area (Å²) in [7, 11) is -3.84. The Morgan fingerprint density at radius 1 is 1.11 bits per heavy atom. The molecule has 0 saturated carbocycles. The van der Waals surface area contributed by atoms with Crippen LogP contribution in [0.3, 0.4) is 0 Å². The van der Waals surface area contributed by atoms with Crippen LogP contribution >= 0.6 is 0 Å². The number of nitrogens with zero attached hydrogens (tertiary/aromatic N) is 2. The highest BCUT2D eigenvalue weighted by atomic mass is 32.2. The van der Waals surface area contributed by atoms with Crippen molar-refractivity contribution >= 4 is 27.5 Å². The number of carbonyl (C=O) groups excluding carboxylic acids is 2. The number of anilines is 1. The Morgan fingerprint density at radius 2 is 1.78 bits per heavy atom. The Hall–Kier alpha value is -1.93. The molecule has 148 valence electrons. The molecule has 2 aliphatic rings. The predicted molar refractivity (Wildman–Crippen MR) is 103 cm³/mol. The zero-order valence-corrected chi connectivity index (χ0v) is 16.9. The third kappa shape index (κ3) is 4.01.